The summed E-state index contributed by atoms with van der Waals surface area (Å²) in [5.74, 6) is 0. The van der Waals surface area contributed by atoms with Gasteiger partial charge >= 0.3 is 0 Å². The van der Waals surface area contributed by atoms with Gasteiger partial charge in [-0.2, -0.15) is 0 Å². The minimum Gasteiger partial charge on any atom is -0.500 e. The number of aromatic nitrogens is 2. The van der Waals surface area contributed by atoms with E-state index in [1.165, 1.54) is 30.6 Å². The van der Waals surface area contributed by atoms with Gasteiger partial charge in [0.15, 0.2) is 0 Å². The summed E-state index contributed by atoms with van der Waals surface area (Å²) < 4.78 is 95.5. The average Bonchev–Trinajstić information content (AvgIpc) is 3.89. The number of benzene rings is 4. The van der Waals surface area contributed by atoms with Crippen LogP contribution in [0.1, 0.15) is 58.1 Å². The molecule has 8 aromatic rings. The van der Waals surface area contributed by atoms with E-state index >= 15 is 0 Å². The third-order valence-electron chi connectivity index (χ3n) is 7.98. The zero-order valence-electron chi connectivity index (χ0n) is 39.1. The van der Waals surface area contributed by atoms with Crippen LogP contribution >= 0.6 is 11.3 Å². The maximum Gasteiger partial charge on any atom is 0.129 e. The van der Waals surface area contributed by atoms with Crippen LogP contribution in [0.4, 0.5) is 0 Å². The Bertz CT molecular complexity index is 2830. The van der Waals surface area contributed by atoms with E-state index in [0.717, 1.165) is 32.5 Å². The summed E-state index contributed by atoms with van der Waals surface area (Å²) in [4.78, 5) is 9.71. The molecular formula is C46H40IrN2OS-2. The zero-order chi connectivity index (χ0) is 44.1. The Balaban J connectivity index is 0.000000317. The van der Waals surface area contributed by atoms with Crippen molar-refractivity contribution in [3.05, 3.63) is 155 Å². The van der Waals surface area contributed by atoms with Gasteiger partial charge in [0.25, 0.3) is 0 Å². The molecule has 0 aliphatic heterocycles. The van der Waals surface area contributed by atoms with Gasteiger partial charge in [-0.25, -0.2) is 0 Å². The van der Waals surface area contributed by atoms with Crippen LogP contribution in [0.15, 0.2) is 125 Å². The second-order valence-electron chi connectivity index (χ2n) is 12.8. The molecule has 4 aromatic heterocycles. The third-order valence-corrected chi connectivity index (χ3v) is 8.89. The standard InChI is InChI=1S/C34H30NOS.C12H10N.Ir/c1-21-17-23(19-34(3,4)5)14-15-24(21)29-18-30(35-20-22(29)2)27-11-6-9-25-26-10-7-12-28(31-13-8-16-37-31)33(26)36-32(25)27;1-10-7-8-12(13-9-10)11-5-3-2-4-6-11;/h6-10,12-18,20H,19H2,1-5H3;2-5,7-9H,1H3;/q2*-1;/i1D3,2D3,19D2;1D3;. The molecule has 0 spiro atoms. The van der Waals surface area contributed by atoms with Crippen molar-refractivity contribution in [1.82, 2.24) is 9.97 Å². The first-order chi connectivity index (χ1) is 28.6. The van der Waals surface area contributed by atoms with Gasteiger partial charge in [0.2, 0.25) is 0 Å². The Morgan fingerprint density at radius 1 is 0.725 bits per heavy atom. The Labute approximate surface area is 334 Å². The van der Waals surface area contributed by atoms with E-state index in [1.807, 2.05) is 60.0 Å². The van der Waals surface area contributed by atoms with Gasteiger partial charge in [-0.1, -0.05) is 86.3 Å². The van der Waals surface area contributed by atoms with E-state index in [-0.39, 0.29) is 53.5 Å². The molecule has 0 unspecified atom stereocenters. The molecule has 0 N–H and O–H groups in total. The van der Waals surface area contributed by atoms with Crippen LogP contribution in [0.5, 0.6) is 0 Å². The molecule has 1 radical (unpaired) electrons. The molecule has 8 rings (SSSR count). The average molecular weight is 872 g/mol. The molecule has 0 saturated heterocycles. The quantitative estimate of drug-likeness (QED) is 0.162. The van der Waals surface area contributed by atoms with Crippen molar-refractivity contribution in [2.75, 3.05) is 0 Å². The van der Waals surface area contributed by atoms with Gasteiger partial charge in [-0.15, -0.1) is 65.4 Å². The summed E-state index contributed by atoms with van der Waals surface area (Å²) in [7, 11) is 0. The topological polar surface area (TPSA) is 38.9 Å². The number of hydrogen-bond donors (Lipinski definition) is 0. The van der Waals surface area contributed by atoms with Crippen LogP contribution in [0.3, 0.4) is 0 Å². The second kappa shape index (κ2) is 15.3. The Morgan fingerprint density at radius 2 is 1.59 bits per heavy atom. The van der Waals surface area contributed by atoms with Crippen LogP contribution in [0, 0.1) is 38.1 Å². The van der Waals surface area contributed by atoms with Gasteiger partial charge in [0.05, 0.1) is 5.58 Å². The molecule has 257 valence electrons. The van der Waals surface area contributed by atoms with Crippen molar-refractivity contribution in [2.45, 2.75) is 47.7 Å². The number of rotatable bonds is 5. The smallest absolute Gasteiger partial charge is 0.129 e. The van der Waals surface area contributed by atoms with E-state index in [4.69, 9.17) is 19.5 Å². The van der Waals surface area contributed by atoms with Crippen LogP contribution in [0.25, 0.3) is 66.0 Å². The van der Waals surface area contributed by atoms with Crippen molar-refractivity contribution in [3.63, 3.8) is 0 Å². The first-order valence-electron chi connectivity index (χ1n) is 21.6. The van der Waals surface area contributed by atoms with Gasteiger partial charge in [0.1, 0.15) is 5.58 Å². The predicted molar refractivity (Wildman–Crippen MR) is 210 cm³/mol. The number of nitrogens with zero attached hydrogens (tertiary/aromatic N) is 2. The number of pyridine rings is 2. The maximum atomic E-state index is 8.74. The van der Waals surface area contributed by atoms with Crippen molar-refractivity contribution in [1.29, 1.82) is 0 Å². The van der Waals surface area contributed by atoms with E-state index < -0.39 is 32.3 Å². The number of furan rings is 1. The molecule has 5 heteroatoms. The first-order valence-corrected chi connectivity index (χ1v) is 16.9. The monoisotopic (exact) mass is 872 g/mol. The molecule has 0 saturated carbocycles. The van der Waals surface area contributed by atoms with Gasteiger partial charge < -0.3 is 14.4 Å². The third kappa shape index (κ3) is 7.97. The minimum absolute atomic E-state index is 0. The summed E-state index contributed by atoms with van der Waals surface area (Å²) in [5, 5.41) is 3.77. The van der Waals surface area contributed by atoms with Crippen LogP contribution in [-0.2, 0) is 26.5 Å². The molecular weight excluding hydrogens is 821 g/mol. The molecule has 0 atom stereocenters. The molecule has 0 amide bonds. The summed E-state index contributed by atoms with van der Waals surface area (Å²) in [6.45, 7) is -2.11. The molecule has 51 heavy (non-hydrogen) atoms. The Morgan fingerprint density at radius 3 is 2.31 bits per heavy atom. The van der Waals surface area contributed by atoms with Crippen LogP contribution in [-0.4, -0.2) is 9.97 Å². The maximum absolute atomic E-state index is 8.74. The van der Waals surface area contributed by atoms with Crippen molar-refractivity contribution >= 4 is 33.3 Å². The molecule has 4 aromatic carbocycles. The number of hydrogen-bond acceptors (Lipinski definition) is 4. The van der Waals surface area contributed by atoms with Crippen LogP contribution < -0.4 is 0 Å². The van der Waals surface area contributed by atoms with Crippen molar-refractivity contribution < 1.29 is 39.6 Å². The van der Waals surface area contributed by atoms with Crippen molar-refractivity contribution in [3.8, 4) is 44.1 Å². The molecule has 3 nitrogen and oxygen atoms in total. The summed E-state index contributed by atoms with van der Waals surface area (Å²) in [6.07, 6.45) is 0.800. The number of thiophene rings is 1. The molecule has 0 aliphatic rings. The number of fused-ring (bicyclic) bond motifs is 3. The van der Waals surface area contributed by atoms with E-state index in [1.54, 1.807) is 62.4 Å². The van der Waals surface area contributed by atoms with E-state index in [9.17, 15) is 0 Å². The van der Waals surface area contributed by atoms with Gasteiger partial charge in [-0.3, -0.25) is 0 Å². The van der Waals surface area contributed by atoms with Gasteiger partial charge in [-0.05, 0) is 94.6 Å². The number of aryl methyl sites for hydroxylation is 3. The fraction of sp³-hybridized carbons (Fsp3) is 0.174. The molecule has 0 bridgehead atoms. The fourth-order valence-corrected chi connectivity index (χ4v) is 6.54. The zero-order valence-corrected chi connectivity index (χ0v) is 31.3. The first kappa shape index (κ1) is 24.5. The predicted octanol–water partition coefficient (Wildman–Crippen LogP) is 12.9. The van der Waals surface area contributed by atoms with Crippen LogP contribution in [0.2, 0.25) is 0 Å². The van der Waals surface area contributed by atoms with E-state index in [2.05, 4.69) is 22.1 Å². The summed E-state index contributed by atoms with van der Waals surface area (Å²) in [6, 6.07) is 36.6. The summed E-state index contributed by atoms with van der Waals surface area (Å²) >= 11 is 1.61. The largest absolute Gasteiger partial charge is 0.500 e. The van der Waals surface area contributed by atoms with E-state index in [0.29, 0.717) is 22.4 Å². The SMILES string of the molecule is [2H]C([2H])([2H])c1ccc(-c2[c-]cccc2)nc1.[2H]C([2H])([2H])c1cnc(-c2[c-]ccc3c2oc2c(-c4cccs4)cccc23)cc1-c1ccc(C([2H])([2H])C(C)(C)C)cc1C([2H])([2H])[2H].[Ir]. The second-order valence-corrected chi connectivity index (χ2v) is 13.8. The van der Waals surface area contributed by atoms with Crippen molar-refractivity contribution in [2.24, 2.45) is 5.41 Å². The minimum atomic E-state index is -2.65. The molecule has 0 fully saturated rings. The Kier molecular flexibility index (Phi) is 7.35. The fourth-order valence-electron chi connectivity index (χ4n) is 5.79. The molecule has 0 aliphatic carbocycles. The molecule has 4 heterocycles. The normalized spacial score (nSPS) is 15.5. The van der Waals surface area contributed by atoms with Gasteiger partial charge in [0, 0.05) is 63.4 Å². The Hall–Kier alpha value is -4.67. The number of para-hydroxylation sites is 1. The summed E-state index contributed by atoms with van der Waals surface area (Å²) in [5.41, 5.74) is 4.40.